The third-order valence-corrected chi connectivity index (χ3v) is 4.71. The molecule has 0 amide bonds. The van der Waals surface area contributed by atoms with Crippen LogP contribution >= 0.6 is 0 Å². The predicted molar refractivity (Wildman–Crippen MR) is 81.6 cm³/mol. The van der Waals surface area contributed by atoms with Crippen LogP contribution < -0.4 is 5.63 Å². The van der Waals surface area contributed by atoms with Crippen molar-refractivity contribution in [2.45, 2.75) is 12.8 Å². The first-order valence-electron chi connectivity index (χ1n) is 7.59. The molecule has 112 valence electrons. The third-order valence-electron chi connectivity index (χ3n) is 4.71. The van der Waals surface area contributed by atoms with E-state index in [1.54, 1.807) is 24.3 Å². The first kappa shape index (κ1) is 13.3. The van der Waals surface area contributed by atoms with Crippen molar-refractivity contribution in [3.63, 3.8) is 0 Å². The second-order valence-corrected chi connectivity index (χ2v) is 6.12. The van der Waals surface area contributed by atoms with Gasteiger partial charge in [0.15, 0.2) is 0 Å². The Morgan fingerprint density at radius 2 is 2.09 bits per heavy atom. The summed E-state index contributed by atoms with van der Waals surface area (Å²) in [6.07, 6.45) is 6.71. The zero-order valence-electron chi connectivity index (χ0n) is 12.0. The van der Waals surface area contributed by atoms with Crippen molar-refractivity contribution in [1.82, 2.24) is 0 Å². The van der Waals surface area contributed by atoms with Gasteiger partial charge < -0.3 is 9.15 Å². The molecule has 1 aromatic carbocycles. The lowest BCUT2D eigenvalue weighted by molar-refractivity contribution is 0.0416. The number of allylic oxidation sites excluding steroid dienone is 2. The standard InChI is InChI=1S/C18H16O4/c19-17(21-10-14-8-11-5-6-12(14)7-11)15-9-13-3-1-2-4-16(13)22-18(15)20/h1-6,9,11-12,14H,7-8,10H2/t11-,12+,14+/m1/s1. The molecule has 0 saturated heterocycles. The molecule has 0 aliphatic heterocycles. The molecule has 4 rings (SSSR count). The highest BCUT2D eigenvalue weighted by atomic mass is 16.5. The fourth-order valence-corrected chi connectivity index (χ4v) is 3.55. The van der Waals surface area contributed by atoms with Crippen LogP contribution in [0.5, 0.6) is 0 Å². The van der Waals surface area contributed by atoms with Gasteiger partial charge in [-0.15, -0.1) is 0 Å². The van der Waals surface area contributed by atoms with Gasteiger partial charge in [0, 0.05) is 5.39 Å². The SMILES string of the molecule is O=C(OC[C@@H]1C[C@@H]2C=C[C@H]1C2)c1cc2ccccc2oc1=O. The molecule has 22 heavy (non-hydrogen) atoms. The molecule has 0 N–H and O–H groups in total. The second-order valence-electron chi connectivity index (χ2n) is 6.12. The van der Waals surface area contributed by atoms with Gasteiger partial charge in [-0.1, -0.05) is 30.4 Å². The maximum absolute atomic E-state index is 12.2. The lowest BCUT2D eigenvalue weighted by Crippen LogP contribution is -2.21. The van der Waals surface area contributed by atoms with E-state index in [4.69, 9.17) is 9.15 Å². The molecule has 2 bridgehead atoms. The molecule has 1 saturated carbocycles. The number of carbonyl (C=O) groups is 1. The van der Waals surface area contributed by atoms with Gasteiger partial charge in [0.05, 0.1) is 6.61 Å². The van der Waals surface area contributed by atoms with Crippen LogP contribution in [0.3, 0.4) is 0 Å². The highest BCUT2D eigenvalue weighted by Crippen LogP contribution is 2.43. The van der Waals surface area contributed by atoms with Crippen LogP contribution in [0.4, 0.5) is 0 Å². The van der Waals surface area contributed by atoms with Crippen molar-refractivity contribution in [1.29, 1.82) is 0 Å². The Hall–Kier alpha value is -2.36. The Kier molecular flexibility index (Phi) is 3.10. The number of hydrogen-bond acceptors (Lipinski definition) is 4. The normalized spacial score (nSPS) is 25.7. The van der Waals surface area contributed by atoms with Crippen molar-refractivity contribution in [2.75, 3.05) is 6.61 Å². The van der Waals surface area contributed by atoms with E-state index in [0.717, 1.165) is 11.8 Å². The monoisotopic (exact) mass is 296 g/mol. The Labute approximate surface area is 127 Å². The molecule has 1 fully saturated rings. The minimum Gasteiger partial charge on any atom is -0.462 e. The zero-order chi connectivity index (χ0) is 15.1. The number of ether oxygens (including phenoxy) is 1. The van der Waals surface area contributed by atoms with E-state index in [2.05, 4.69) is 12.2 Å². The molecule has 2 aromatic rings. The summed E-state index contributed by atoms with van der Waals surface area (Å²) in [5.41, 5.74) is -0.198. The molecule has 2 aliphatic carbocycles. The molecule has 3 atom stereocenters. The lowest BCUT2D eigenvalue weighted by Gasteiger charge is -2.17. The molecular weight excluding hydrogens is 280 g/mol. The number of fused-ring (bicyclic) bond motifs is 3. The second kappa shape index (κ2) is 5.13. The van der Waals surface area contributed by atoms with Gasteiger partial charge >= 0.3 is 11.6 Å². The minimum atomic E-state index is -0.642. The maximum Gasteiger partial charge on any atom is 0.351 e. The first-order chi connectivity index (χ1) is 10.7. The number of carbonyl (C=O) groups excluding carboxylic acids is 1. The van der Waals surface area contributed by atoms with Crippen LogP contribution in [0.15, 0.2) is 51.7 Å². The van der Waals surface area contributed by atoms with Crippen LogP contribution in [0.1, 0.15) is 23.2 Å². The van der Waals surface area contributed by atoms with Crippen molar-refractivity contribution in [3.05, 3.63) is 58.5 Å². The Bertz CT molecular complexity index is 817. The average molecular weight is 296 g/mol. The highest BCUT2D eigenvalue weighted by molar-refractivity contribution is 5.92. The van der Waals surface area contributed by atoms with E-state index in [-0.39, 0.29) is 5.56 Å². The summed E-state index contributed by atoms with van der Waals surface area (Å²) in [4.78, 5) is 24.1. The topological polar surface area (TPSA) is 56.5 Å². The van der Waals surface area contributed by atoms with Crippen LogP contribution in [-0.4, -0.2) is 12.6 Å². The number of para-hydroxylation sites is 1. The van der Waals surface area contributed by atoms with Gasteiger partial charge in [-0.05, 0) is 42.7 Å². The number of rotatable bonds is 3. The van der Waals surface area contributed by atoms with E-state index in [9.17, 15) is 9.59 Å². The number of hydrogen-bond donors (Lipinski definition) is 0. The van der Waals surface area contributed by atoms with Gasteiger partial charge in [0.2, 0.25) is 0 Å². The van der Waals surface area contributed by atoms with Crippen molar-refractivity contribution in [2.24, 2.45) is 17.8 Å². The quantitative estimate of drug-likeness (QED) is 0.496. The molecule has 0 radical (unpaired) electrons. The Morgan fingerprint density at radius 1 is 1.23 bits per heavy atom. The summed E-state index contributed by atoms with van der Waals surface area (Å²) in [5, 5.41) is 0.719. The zero-order valence-corrected chi connectivity index (χ0v) is 12.0. The maximum atomic E-state index is 12.2. The van der Waals surface area contributed by atoms with Crippen LogP contribution in [0.25, 0.3) is 11.0 Å². The van der Waals surface area contributed by atoms with E-state index in [0.29, 0.717) is 29.9 Å². The fraction of sp³-hybridized carbons (Fsp3) is 0.333. The summed E-state index contributed by atoms with van der Waals surface area (Å²) >= 11 is 0. The Morgan fingerprint density at radius 3 is 2.86 bits per heavy atom. The molecule has 4 heteroatoms. The lowest BCUT2D eigenvalue weighted by atomic mass is 9.95. The molecular formula is C18H16O4. The molecule has 0 spiro atoms. The smallest absolute Gasteiger partial charge is 0.351 e. The van der Waals surface area contributed by atoms with E-state index in [1.165, 1.54) is 6.42 Å². The van der Waals surface area contributed by atoms with Crippen LogP contribution in [-0.2, 0) is 4.74 Å². The summed E-state index contributed by atoms with van der Waals surface area (Å²) in [7, 11) is 0. The van der Waals surface area contributed by atoms with Crippen LogP contribution in [0.2, 0.25) is 0 Å². The van der Waals surface area contributed by atoms with Crippen molar-refractivity contribution < 1.29 is 13.9 Å². The predicted octanol–water partition coefficient (Wildman–Crippen LogP) is 3.16. The van der Waals surface area contributed by atoms with Crippen molar-refractivity contribution >= 4 is 16.9 Å². The summed E-state index contributed by atoms with van der Waals surface area (Å²) in [6.45, 7) is 0.372. The molecule has 4 nitrogen and oxygen atoms in total. The average Bonchev–Trinajstić information content (AvgIpc) is 3.14. The number of esters is 1. The van der Waals surface area contributed by atoms with Gasteiger partial charge in [0.1, 0.15) is 11.1 Å². The van der Waals surface area contributed by atoms with Gasteiger partial charge in [-0.25, -0.2) is 9.59 Å². The van der Waals surface area contributed by atoms with E-state index >= 15 is 0 Å². The molecule has 2 aliphatic rings. The molecule has 0 unspecified atom stereocenters. The summed E-state index contributed by atoms with van der Waals surface area (Å²) < 4.78 is 10.5. The van der Waals surface area contributed by atoms with E-state index in [1.807, 2.05) is 6.07 Å². The van der Waals surface area contributed by atoms with Gasteiger partial charge in [-0.3, -0.25) is 0 Å². The molecule has 1 aromatic heterocycles. The van der Waals surface area contributed by atoms with E-state index < -0.39 is 11.6 Å². The van der Waals surface area contributed by atoms with Gasteiger partial charge in [-0.2, -0.15) is 0 Å². The Balaban J connectivity index is 1.51. The largest absolute Gasteiger partial charge is 0.462 e. The minimum absolute atomic E-state index is 0.0302. The van der Waals surface area contributed by atoms with Crippen molar-refractivity contribution in [3.8, 4) is 0 Å². The number of benzene rings is 1. The summed E-state index contributed by atoms with van der Waals surface area (Å²) in [6, 6.07) is 8.67. The highest BCUT2D eigenvalue weighted by Gasteiger charge is 2.36. The van der Waals surface area contributed by atoms with Crippen LogP contribution in [0, 0.1) is 17.8 Å². The first-order valence-corrected chi connectivity index (χ1v) is 7.59. The molecule has 1 heterocycles. The third kappa shape index (κ3) is 2.25. The summed E-state index contributed by atoms with van der Waals surface area (Å²) in [5.74, 6) is 0.947. The fourth-order valence-electron chi connectivity index (χ4n) is 3.55. The van der Waals surface area contributed by atoms with Gasteiger partial charge in [0.25, 0.3) is 0 Å².